The van der Waals surface area contributed by atoms with E-state index >= 15 is 0 Å². The lowest BCUT2D eigenvalue weighted by atomic mass is 10.1. The smallest absolute Gasteiger partial charge is 0.225 e. The molecule has 2 aromatic carbocycles. The second-order valence-corrected chi connectivity index (χ2v) is 7.68. The number of hydrogen-bond donors (Lipinski definition) is 2. The van der Waals surface area contributed by atoms with Crippen LogP contribution in [0, 0.1) is 0 Å². The minimum atomic E-state index is -3.70. The summed E-state index contributed by atoms with van der Waals surface area (Å²) in [5, 5.41) is 10.0. The lowest BCUT2D eigenvalue weighted by Crippen LogP contribution is -2.11. The van der Waals surface area contributed by atoms with Crippen molar-refractivity contribution in [2.24, 2.45) is 10.3 Å². The molecule has 0 saturated heterocycles. The Labute approximate surface area is 129 Å². The molecule has 0 fully saturated rings. The number of sulfonamides is 2. The summed E-state index contributed by atoms with van der Waals surface area (Å²) in [4.78, 5) is 0.0873. The second kappa shape index (κ2) is 6.01. The predicted molar refractivity (Wildman–Crippen MR) is 84.6 cm³/mol. The molecule has 0 saturated carbocycles. The van der Waals surface area contributed by atoms with Gasteiger partial charge in [0.1, 0.15) is 0 Å². The number of benzene rings is 2. The highest BCUT2D eigenvalue weighted by molar-refractivity contribution is 7.89. The van der Waals surface area contributed by atoms with E-state index in [2.05, 4.69) is 0 Å². The minimum Gasteiger partial charge on any atom is -0.225 e. The van der Waals surface area contributed by atoms with Crippen molar-refractivity contribution in [2.45, 2.75) is 9.79 Å². The molecule has 0 heterocycles. The van der Waals surface area contributed by atoms with Gasteiger partial charge >= 0.3 is 0 Å². The summed E-state index contributed by atoms with van der Waals surface area (Å²) in [7, 11) is -7.40. The van der Waals surface area contributed by atoms with E-state index in [1.165, 1.54) is 24.3 Å². The first kappa shape index (κ1) is 16.4. The maximum Gasteiger partial charge on any atom is 0.238 e. The van der Waals surface area contributed by atoms with Crippen LogP contribution in [0.3, 0.4) is 0 Å². The van der Waals surface area contributed by atoms with Crippen LogP contribution in [0.15, 0.2) is 58.3 Å². The molecule has 0 atom stereocenters. The highest BCUT2D eigenvalue weighted by Gasteiger charge is 2.06. The van der Waals surface area contributed by atoms with Gasteiger partial charge < -0.3 is 0 Å². The van der Waals surface area contributed by atoms with E-state index in [0.29, 0.717) is 0 Å². The van der Waals surface area contributed by atoms with Crippen molar-refractivity contribution in [3.05, 3.63) is 59.7 Å². The molecule has 0 aliphatic heterocycles. The predicted octanol–water partition coefficient (Wildman–Crippen LogP) is 1.15. The minimum absolute atomic E-state index is 0.0437. The highest BCUT2D eigenvalue weighted by atomic mass is 32.2. The van der Waals surface area contributed by atoms with Crippen LogP contribution < -0.4 is 10.3 Å². The molecule has 0 spiro atoms. The van der Waals surface area contributed by atoms with Gasteiger partial charge in [-0.25, -0.2) is 27.1 Å². The molecule has 6 nitrogen and oxygen atoms in total. The molecule has 22 heavy (non-hydrogen) atoms. The van der Waals surface area contributed by atoms with Crippen molar-refractivity contribution in [3.8, 4) is 0 Å². The third-order valence-corrected chi connectivity index (χ3v) is 4.74. The Morgan fingerprint density at radius 3 is 1.09 bits per heavy atom. The van der Waals surface area contributed by atoms with Crippen LogP contribution in [-0.2, 0) is 20.0 Å². The van der Waals surface area contributed by atoms with E-state index in [-0.39, 0.29) is 9.79 Å². The standard InChI is InChI=1S/C14H14N2O4S2/c15-21(17,18)13-7-3-11(4-8-13)1-2-12-5-9-14(10-6-12)22(16,19)20/h1-10H,(H2,15,17,18)(H2,16,19,20). The Morgan fingerprint density at radius 1 is 0.591 bits per heavy atom. The zero-order valence-electron chi connectivity index (χ0n) is 11.4. The Hall–Kier alpha value is -2.00. The molecule has 0 bridgehead atoms. The molecule has 0 unspecified atom stereocenters. The van der Waals surface area contributed by atoms with Crippen LogP contribution in [0.2, 0.25) is 0 Å². The fraction of sp³-hybridized carbons (Fsp3) is 0. The van der Waals surface area contributed by atoms with Gasteiger partial charge in [0.05, 0.1) is 9.79 Å². The van der Waals surface area contributed by atoms with Gasteiger partial charge in [-0.2, -0.15) is 0 Å². The van der Waals surface area contributed by atoms with Gasteiger partial charge in [0.2, 0.25) is 20.0 Å². The Balaban J connectivity index is 2.18. The summed E-state index contributed by atoms with van der Waals surface area (Å²) >= 11 is 0. The Morgan fingerprint density at radius 2 is 0.864 bits per heavy atom. The van der Waals surface area contributed by atoms with Crippen molar-refractivity contribution < 1.29 is 16.8 Å². The number of rotatable bonds is 4. The van der Waals surface area contributed by atoms with Gasteiger partial charge in [0.25, 0.3) is 0 Å². The van der Waals surface area contributed by atoms with Gasteiger partial charge in [0, 0.05) is 0 Å². The van der Waals surface area contributed by atoms with Crippen LogP contribution >= 0.6 is 0 Å². The molecule has 0 aromatic heterocycles. The quantitative estimate of drug-likeness (QED) is 0.812. The third-order valence-electron chi connectivity index (χ3n) is 2.89. The van der Waals surface area contributed by atoms with Gasteiger partial charge in [-0.1, -0.05) is 36.4 Å². The third kappa shape index (κ3) is 4.25. The van der Waals surface area contributed by atoms with E-state index in [9.17, 15) is 16.8 Å². The number of nitrogens with two attached hydrogens (primary N) is 2. The van der Waals surface area contributed by atoms with Gasteiger partial charge in [-0.3, -0.25) is 0 Å². The maximum absolute atomic E-state index is 11.1. The summed E-state index contributed by atoms with van der Waals surface area (Å²) < 4.78 is 44.5. The summed E-state index contributed by atoms with van der Waals surface area (Å²) in [6, 6.07) is 12.1. The number of primary sulfonamides is 2. The molecular formula is C14H14N2O4S2. The zero-order chi connectivity index (χ0) is 16.4. The summed E-state index contributed by atoms with van der Waals surface area (Å²) in [5.41, 5.74) is 1.56. The molecule has 116 valence electrons. The average molecular weight is 338 g/mol. The van der Waals surface area contributed by atoms with E-state index in [0.717, 1.165) is 11.1 Å². The monoisotopic (exact) mass is 338 g/mol. The summed E-state index contributed by atoms with van der Waals surface area (Å²) in [6.45, 7) is 0. The lowest BCUT2D eigenvalue weighted by molar-refractivity contribution is 0.596. The van der Waals surface area contributed by atoms with E-state index in [4.69, 9.17) is 10.3 Å². The van der Waals surface area contributed by atoms with Crippen molar-refractivity contribution in [1.29, 1.82) is 0 Å². The molecule has 0 radical (unpaired) electrons. The molecule has 4 N–H and O–H groups in total. The first-order valence-electron chi connectivity index (χ1n) is 6.10. The van der Waals surface area contributed by atoms with Crippen molar-refractivity contribution in [3.63, 3.8) is 0 Å². The molecule has 2 rings (SSSR count). The van der Waals surface area contributed by atoms with E-state index in [1.54, 1.807) is 36.4 Å². The van der Waals surface area contributed by atoms with Crippen LogP contribution in [-0.4, -0.2) is 16.8 Å². The first-order chi connectivity index (χ1) is 10.2. The van der Waals surface area contributed by atoms with Crippen LogP contribution in [0.25, 0.3) is 12.2 Å². The second-order valence-electron chi connectivity index (χ2n) is 4.56. The normalized spacial score (nSPS) is 12.6. The molecule has 0 aliphatic carbocycles. The SMILES string of the molecule is NS(=O)(=O)c1ccc(C=Cc2ccc(S(N)(=O)=O)cc2)cc1. The lowest BCUT2D eigenvalue weighted by Gasteiger charge is -2.00. The van der Waals surface area contributed by atoms with Crippen LogP contribution in [0.1, 0.15) is 11.1 Å². The van der Waals surface area contributed by atoms with E-state index < -0.39 is 20.0 Å². The summed E-state index contributed by atoms with van der Waals surface area (Å²) in [6.07, 6.45) is 3.53. The van der Waals surface area contributed by atoms with Crippen LogP contribution in [0.4, 0.5) is 0 Å². The summed E-state index contributed by atoms with van der Waals surface area (Å²) in [5.74, 6) is 0. The van der Waals surface area contributed by atoms with Gasteiger partial charge in [0.15, 0.2) is 0 Å². The molecule has 8 heteroatoms. The number of hydrogen-bond acceptors (Lipinski definition) is 4. The highest BCUT2D eigenvalue weighted by Crippen LogP contribution is 2.14. The maximum atomic E-state index is 11.1. The van der Waals surface area contributed by atoms with Crippen molar-refractivity contribution >= 4 is 32.2 Å². The fourth-order valence-corrected chi connectivity index (χ4v) is 2.76. The van der Waals surface area contributed by atoms with Crippen LogP contribution in [0.5, 0.6) is 0 Å². The first-order valence-corrected chi connectivity index (χ1v) is 9.19. The van der Waals surface area contributed by atoms with Gasteiger partial charge in [-0.15, -0.1) is 0 Å². The van der Waals surface area contributed by atoms with Gasteiger partial charge in [-0.05, 0) is 35.4 Å². The zero-order valence-corrected chi connectivity index (χ0v) is 13.0. The topological polar surface area (TPSA) is 120 Å². The molecule has 0 aliphatic rings. The van der Waals surface area contributed by atoms with Crippen molar-refractivity contribution in [2.75, 3.05) is 0 Å². The Bertz CT molecular complexity index is 821. The average Bonchev–Trinajstić information content (AvgIpc) is 2.44. The Kier molecular flexibility index (Phi) is 4.47. The van der Waals surface area contributed by atoms with E-state index in [1.807, 2.05) is 0 Å². The molecule has 2 aromatic rings. The molecular weight excluding hydrogens is 324 g/mol. The van der Waals surface area contributed by atoms with Crippen molar-refractivity contribution in [1.82, 2.24) is 0 Å². The largest absolute Gasteiger partial charge is 0.238 e. The molecule has 0 amide bonds. The fourth-order valence-electron chi connectivity index (χ4n) is 1.73.